The van der Waals surface area contributed by atoms with Gasteiger partial charge in [0.15, 0.2) is 0 Å². The van der Waals surface area contributed by atoms with Gasteiger partial charge in [-0.25, -0.2) is 0 Å². The van der Waals surface area contributed by atoms with E-state index in [-0.39, 0.29) is 5.91 Å². The zero-order valence-corrected chi connectivity index (χ0v) is 16.8. The maximum atomic E-state index is 12.4. The number of morpholine rings is 1. The zero-order valence-electron chi connectivity index (χ0n) is 15.2. The van der Waals surface area contributed by atoms with Crippen molar-refractivity contribution < 1.29 is 14.3 Å². The topological polar surface area (TPSA) is 50.8 Å². The Kier molecular flexibility index (Phi) is 7.26. The molecule has 2 aromatic carbocycles. The Labute approximate surface area is 169 Å². The summed E-state index contributed by atoms with van der Waals surface area (Å²) in [5.41, 5.74) is 1.63. The van der Waals surface area contributed by atoms with Crippen LogP contribution in [0, 0.1) is 0 Å². The Morgan fingerprint density at radius 3 is 2.67 bits per heavy atom. The smallest absolute Gasteiger partial charge is 0.225 e. The van der Waals surface area contributed by atoms with Gasteiger partial charge < -0.3 is 19.7 Å². The lowest BCUT2D eigenvalue weighted by Crippen LogP contribution is -2.37. The van der Waals surface area contributed by atoms with Gasteiger partial charge in [0.25, 0.3) is 0 Å². The third-order valence-electron chi connectivity index (χ3n) is 4.25. The van der Waals surface area contributed by atoms with Gasteiger partial charge in [-0.2, -0.15) is 0 Å². The molecule has 0 bridgehead atoms. The number of halogens is 1. The van der Waals surface area contributed by atoms with E-state index in [0.29, 0.717) is 30.4 Å². The monoisotopic (exact) mass is 406 g/mol. The fraction of sp³-hybridized carbons (Fsp3) is 0.350. The number of ether oxygens (including phenoxy) is 2. The van der Waals surface area contributed by atoms with Gasteiger partial charge in [0, 0.05) is 30.2 Å². The number of carbonyl (C=O) groups is 1. The van der Waals surface area contributed by atoms with E-state index in [9.17, 15) is 4.79 Å². The Morgan fingerprint density at radius 2 is 1.96 bits per heavy atom. The van der Waals surface area contributed by atoms with Gasteiger partial charge in [-0.05, 0) is 36.4 Å². The lowest BCUT2D eigenvalue weighted by molar-refractivity contribution is -0.115. The summed E-state index contributed by atoms with van der Waals surface area (Å²) >= 11 is 8.05. The van der Waals surface area contributed by atoms with Crippen LogP contribution in [0.2, 0.25) is 5.02 Å². The number of hydrogen-bond acceptors (Lipinski definition) is 5. The van der Waals surface area contributed by atoms with Crippen LogP contribution >= 0.6 is 23.4 Å². The number of anilines is 2. The molecule has 144 valence electrons. The van der Waals surface area contributed by atoms with Crippen molar-refractivity contribution in [3.63, 3.8) is 0 Å². The molecule has 1 aliphatic rings. The number of benzene rings is 2. The predicted molar refractivity (Wildman–Crippen MR) is 111 cm³/mol. The highest BCUT2D eigenvalue weighted by Gasteiger charge is 2.19. The van der Waals surface area contributed by atoms with E-state index >= 15 is 0 Å². The summed E-state index contributed by atoms with van der Waals surface area (Å²) in [5, 5.41) is 3.66. The quantitative estimate of drug-likeness (QED) is 0.694. The predicted octanol–water partition coefficient (Wildman–Crippen LogP) is 4.31. The first-order valence-corrected chi connectivity index (χ1v) is 10.2. The number of carbonyl (C=O) groups excluding carboxylic acids is 1. The van der Waals surface area contributed by atoms with Crippen molar-refractivity contribution in [2.24, 2.45) is 0 Å². The lowest BCUT2D eigenvalue weighted by Gasteiger charge is -2.31. The van der Waals surface area contributed by atoms with E-state index in [4.69, 9.17) is 21.1 Å². The van der Waals surface area contributed by atoms with E-state index in [1.54, 1.807) is 18.9 Å². The number of para-hydroxylation sites is 1. The van der Waals surface area contributed by atoms with Crippen molar-refractivity contribution in [1.29, 1.82) is 0 Å². The van der Waals surface area contributed by atoms with Crippen molar-refractivity contribution >= 4 is 40.6 Å². The van der Waals surface area contributed by atoms with Crippen LogP contribution in [0.4, 0.5) is 11.4 Å². The van der Waals surface area contributed by atoms with Gasteiger partial charge in [-0.1, -0.05) is 17.7 Å². The highest BCUT2D eigenvalue weighted by atomic mass is 35.5. The van der Waals surface area contributed by atoms with Crippen LogP contribution in [0.3, 0.4) is 0 Å². The van der Waals surface area contributed by atoms with Gasteiger partial charge in [0.05, 0.1) is 36.7 Å². The first-order chi connectivity index (χ1) is 13.2. The van der Waals surface area contributed by atoms with Crippen LogP contribution in [-0.4, -0.2) is 45.1 Å². The molecule has 0 aromatic heterocycles. The van der Waals surface area contributed by atoms with Crippen LogP contribution < -0.4 is 15.0 Å². The summed E-state index contributed by atoms with van der Waals surface area (Å²) in [6, 6.07) is 13.4. The minimum absolute atomic E-state index is 0.0206. The van der Waals surface area contributed by atoms with E-state index in [0.717, 1.165) is 35.1 Å². The van der Waals surface area contributed by atoms with Crippen molar-refractivity contribution in [3.05, 3.63) is 47.5 Å². The lowest BCUT2D eigenvalue weighted by atomic mass is 10.2. The number of hydrogen-bond donors (Lipinski definition) is 1. The van der Waals surface area contributed by atoms with Crippen molar-refractivity contribution in [3.8, 4) is 5.75 Å². The molecule has 0 radical (unpaired) electrons. The normalized spacial score (nSPS) is 14.1. The molecule has 1 fully saturated rings. The first kappa shape index (κ1) is 19.9. The SMILES string of the molecule is COc1ccc(SCCC(=O)Nc2cccc(Cl)c2N2CCOCC2)cc1. The van der Waals surface area contributed by atoms with E-state index in [2.05, 4.69) is 10.2 Å². The molecule has 0 spiro atoms. The van der Waals surface area contributed by atoms with E-state index in [1.165, 1.54) is 0 Å². The molecule has 3 rings (SSSR count). The highest BCUT2D eigenvalue weighted by molar-refractivity contribution is 7.99. The van der Waals surface area contributed by atoms with Crippen LogP contribution in [0.15, 0.2) is 47.4 Å². The van der Waals surface area contributed by atoms with Crippen molar-refractivity contribution in [2.75, 3.05) is 49.4 Å². The Hall–Kier alpha value is -1.89. The first-order valence-electron chi connectivity index (χ1n) is 8.85. The molecule has 2 aromatic rings. The fourth-order valence-corrected chi connectivity index (χ4v) is 4.02. The summed E-state index contributed by atoms with van der Waals surface area (Å²) in [5.74, 6) is 1.51. The average molecular weight is 407 g/mol. The molecule has 0 atom stereocenters. The second kappa shape index (κ2) is 9.88. The molecular formula is C20H23ClN2O3S. The van der Waals surface area contributed by atoms with Gasteiger partial charge in [0.2, 0.25) is 5.91 Å². The van der Waals surface area contributed by atoms with Crippen LogP contribution in [0.5, 0.6) is 5.75 Å². The second-order valence-corrected chi connectivity index (χ2v) is 7.63. The average Bonchev–Trinajstić information content (AvgIpc) is 2.69. The Balaban J connectivity index is 1.56. The maximum Gasteiger partial charge on any atom is 0.225 e. The third-order valence-corrected chi connectivity index (χ3v) is 5.56. The molecule has 5 nitrogen and oxygen atoms in total. The number of amides is 1. The minimum Gasteiger partial charge on any atom is -0.497 e. The second-order valence-electron chi connectivity index (χ2n) is 6.06. The van der Waals surface area contributed by atoms with Crippen molar-refractivity contribution in [1.82, 2.24) is 0 Å². The number of rotatable bonds is 7. The minimum atomic E-state index is -0.0206. The number of nitrogens with zero attached hydrogens (tertiary/aromatic N) is 1. The highest BCUT2D eigenvalue weighted by Crippen LogP contribution is 2.34. The van der Waals surface area contributed by atoms with Gasteiger partial charge >= 0.3 is 0 Å². The standard InChI is InChI=1S/C20H23ClN2O3S/c1-25-15-5-7-16(8-6-15)27-14-9-19(24)22-18-4-2-3-17(21)20(18)23-10-12-26-13-11-23/h2-8H,9-14H2,1H3,(H,22,24). The summed E-state index contributed by atoms with van der Waals surface area (Å²) in [6.45, 7) is 2.86. The van der Waals surface area contributed by atoms with Crippen LogP contribution in [0.25, 0.3) is 0 Å². The molecule has 0 aliphatic carbocycles. The third kappa shape index (κ3) is 5.54. The molecule has 0 unspecified atom stereocenters. The fourth-order valence-electron chi connectivity index (χ4n) is 2.87. The number of nitrogens with one attached hydrogen (secondary N) is 1. The maximum absolute atomic E-state index is 12.4. The van der Waals surface area contributed by atoms with Crippen LogP contribution in [0.1, 0.15) is 6.42 Å². The zero-order chi connectivity index (χ0) is 19.1. The number of thioether (sulfide) groups is 1. The summed E-state index contributed by atoms with van der Waals surface area (Å²) in [7, 11) is 1.65. The molecule has 1 N–H and O–H groups in total. The molecule has 1 aliphatic heterocycles. The molecule has 1 amide bonds. The van der Waals surface area contributed by atoms with Gasteiger partial charge in [-0.3, -0.25) is 4.79 Å². The summed E-state index contributed by atoms with van der Waals surface area (Å²) in [6.07, 6.45) is 0.422. The largest absolute Gasteiger partial charge is 0.497 e. The molecule has 7 heteroatoms. The van der Waals surface area contributed by atoms with Crippen molar-refractivity contribution in [2.45, 2.75) is 11.3 Å². The molecule has 1 heterocycles. The van der Waals surface area contributed by atoms with E-state index < -0.39 is 0 Å². The summed E-state index contributed by atoms with van der Waals surface area (Å²) < 4.78 is 10.6. The molecule has 1 saturated heterocycles. The van der Waals surface area contributed by atoms with E-state index in [1.807, 2.05) is 42.5 Å². The van der Waals surface area contributed by atoms with Crippen LogP contribution in [-0.2, 0) is 9.53 Å². The van der Waals surface area contributed by atoms with Gasteiger partial charge in [-0.15, -0.1) is 11.8 Å². The summed E-state index contributed by atoms with van der Waals surface area (Å²) in [4.78, 5) is 15.7. The Bertz CT molecular complexity index is 764. The molecular weight excluding hydrogens is 384 g/mol. The molecule has 27 heavy (non-hydrogen) atoms. The number of methoxy groups -OCH3 is 1. The van der Waals surface area contributed by atoms with Gasteiger partial charge in [0.1, 0.15) is 5.75 Å². The molecule has 0 saturated carbocycles. The Morgan fingerprint density at radius 1 is 1.22 bits per heavy atom.